The lowest BCUT2D eigenvalue weighted by Crippen LogP contribution is -2.48. The van der Waals surface area contributed by atoms with E-state index in [-0.39, 0.29) is 11.5 Å². The number of ketones is 1. The molecule has 0 amide bonds. The van der Waals surface area contributed by atoms with Gasteiger partial charge in [-0.05, 0) is 30.2 Å². The predicted octanol–water partition coefficient (Wildman–Crippen LogP) is 1.85. The lowest BCUT2D eigenvalue weighted by Gasteiger charge is -2.35. The number of carbonyl (C=O) groups is 1. The summed E-state index contributed by atoms with van der Waals surface area (Å²) in [6.07, 6.45) is 0. The Hall–Kier alpha value is -1.39. The fourth-order valence-electron chi connectivity index (χ4n) is 2.59. The van der Waals surface area contributed by atoms with Gasteiger partial charge in [0.05, 0.1) is 6.54 Å². The number of Topliss-reactive ketones (excluding diaryl/α,β-unsaturated/α-hetero) is 1. The normalized spacial score (nSPS) is 17.6. The molecule has 1 heterocycles. The van der Waals surface area contributed by atoms with Crippen LogP contribution in [0.2, 0.25) is 0 Å². The molecule has 0 spiro atoms. The number of phenols is 1. The van der Waals surface area contributed by atoms with E-state index in [4.69, 9.17) is 0 Å². The number of aromatic hydroxyl groups is 1. The van der Waals surface area contributed by atoms with Crippen molar-refractivity contribution in [1.29, 1.82) is 0 Å². The Morgan fingerprint density at radius 1 is 1.10 bits per heavy atom. The largest absolute Gasteiger partial charge is 0.508 e. The lowest BCUT2D eigenvalue weighted by molar-refractivity contribution is 0.0837. The van der Waals surface area contributed by atoms with Gasteiger partial charge in [-0.2, -0.15) is 0 Å². The van der Waals surface area contributed by atoms with E-state index in [1.54, 1.807) is 24.3 Å². The second kappa shape index (κ2) is 6.86. The molecule has 1 fully saturated rings. The Kier molecular flexibility index (Phi) is 5.15. The van der Waals surface area contributed by atoms with Crippen molar-refractivity contribution in [2.75, 3.05) is 39.3 Å². The molecule has 0 aliphatic carbocycles. The van der Waals surface area contributed by atoms with Gasteiger partial charge in [-0.3, -0.25) is 9.69 Å². The van der Waals surface area contributed by atoms with Crippen LogP contribution in [0.25, 0.3) is 0 Å². The van der Waals surface area contributed by atoms with Gasteiger partial charge in [-0.25, -0.2) is 0 Å². The molecule has 1 aliphatic rings. The Balaban J connectivity index is 1.80. The van der Waals surface area contributed by atoms with Crippen LogP contribution >= 0.6 is 0 Å². The Labute approximate surface area is 121 Å². The molecule has 0 atom stereocenters. The summed E-state index contributed by atoms with van der Waals surface area (Å²) in [4.78, 5) is 16.8. The van der Waals surface area contributed by atoms with Crippen molar-refractivity contribution in [2.45, 2.75) is 13.8 Å². The first kappa shape index (κ1) is 15.0. The second-order valence-corrected chi connectivity index (χ2v) is 5.94. The standard InChI is InChI=1S/C16H24N2O2/c1-13(2)11-17-7-9-18(10-8-17)12-16(20)14-3-5-15(19)6-4-14/h3-6,13,19H,7-12H2,1-2H3. The van der Waals surface area contributed by atoms with Gasteiger partial charge >= 0.3 is 0 Å². The molecule has 0 bridgehead atoms. The summed E-state index contributed by atoms with van der Waals surface area (Å²) in [5.41, 5.74) is 0.674. The van der Waals surface area contributed by atoms with Gasteiger partial charge in [-0.1, -0.05) is 13.8 Å². The Bertz CT molecular complexity index is 434. The first-order chi connectivity index (χ1) is 9.54. The summed E-state index contributed by atoms with van der Waals surface area (Å²) in [5, 5.41) is 9.23. The minimum absolute atomic E-state index is 0.127. The molecule has 0 radical (unpaired) electrons. The number of phenolic OH excluding ortho intramolecular Hbond substituents is 1. The third-order valence-electron chi connectivity index (χ3n) is 3.64. The summed E-state index contributed by atoms with van der Waals surface area (Å²) in [6, 6.07) is 6.50. The summed E-state index contributed by atoms with van der Waals surface area (Å²) in [6.45, 7) is 10.1. The van der Waals surface area contributed by atoms with Crippen LogP contribution in [-0.4, -0.2) is 60.0 Å². The average molecular weight is 276 g/mol. The molecule has 4 heteroatoms. The maximum Gasteiger partial charge on any atom is 0.176 e. The average Bonchev–Trinajstić information content (AvgIpc) is 2.41. The van der Waals surface area contributed by atoms with Gasteiger partial charge < -0.3 is 10.0 Å². The van der Waals surface area contributed by atoms with Crippen LogP contribution in [0.1, 0.15) is 24.2 Å². The zero-order valence-electron chi connectivity index (χ0n) is 12.4. The van der Waals surface area contributed by atoms with Crippen LogP contribution in [0.15, 0.2) is 24.3 Å². The number of carbonyl (C=O) groups excluding carboxylic acids is 1. The van der Waals surface area contributed by atoms with Crippen molar-refractivity contribution < 1.29 is 9.90 Å². The van der Waals surface area contributed by atoms with Crippen LogP contribution < -0.4 is 0 Å². The van der Waals surface area contributed by atoms with Crippen LogP contribution in [0.3, 0.4) is 0 Å². The molecule has 20 heavy (non-hydrogen) atoms. The third kappa shape index (κ3) is 4.32. The summed E-state index contributed by atoms with van der Waals surface area (Å²) >= 11 is 0. The number of rotatable bonds is 5. The highest BCUT2D eigenvalue weighted by atomic mass is 16.3. The molecular formula is C16H24N2O2. The van der Waals surface area contributed by atoms with Crippen LogP contribution in [0, 0.1) is 5.92 Å². The fourth-order valence-corrected chi connectivity index (χ4v) is 2.59. The van der Waals surface area contributed by atoms with Gasteiger partial charge in [0.15, 0.2) is 5.78 Å². The summed E-state index contributed by atoms with van der Waals surface area (Å²) in [5.74, 6) is 1.02. The van der Waals surface area contributed by atoms with Crippen LogP contribution in [0.5, 0.6) is 5.75 Å². The van der Waals surface area contributed by atoms with Gasteiger partial charge in [0.25, 0.3) is 0 Å². The summed E-state index contributed by atoms with van der Waals surface area (Å²) < 4.78 is 0. The highest BCUT2D eigenvalue weighted by molar-refractivity contribution is 5.97. The first-order valence-corrected chi connectivity index (χ1v) is 7.31. The van der Waals surface area contributed by atoms with Gasteiger partial charge in [0.2, 0.25) is 0 Å². The van der Waals surface area contributed by atoms with Crippen molar-refractivity contribution >= 4 is 5.78 Å². The maximum absolute atomic E-state index is 12.1. The van der Waals surface area contributed by atoms with E-state index >= 15 is 0 Å². The van der Waals surface area contributed by atoms with Crippen molar-refractivity contribution in [3.63, 3.8) is 0 Å². The van der Waals surface area contributed by atoms with E-state index in [1.165, 1.54) is 0 Å². The lowest BCUT2D eigenvalue weighted by atomic mass is 10.1. The van der Waals surface area contributed by atoms with Gasteiger partial charge in [0, 0.05) is 38.3 Å². The van der Waals surface area contributed by atoms with E-state index < -0.39 is 0 Å². The number of hydrogen-bond acceptors (Lipinski definition) is 4. The smallest absolute Gasteiger partial charge is 0.176 e. The van der Waals surface area contributed by atoms with E-state index in [9.17, 15) is 9.90 Å². The van der Waals surface area contributed by atoms with E-state index in [0.717, 1.165) is 32.7 Å². The van der Waals surface area contributed by atoms with E-state index in [2.05, 4.69) is 23.6 Å². The first-order valence-electron chi connectivity index (χ1n) is 7.31. The Morgan fingerprint density at radius 2 is 1.65 bits per heavy atom. The Morgan fingerprint density at radius 3 is 2.20 bits per heavy atom. The molecule has 2 rings (SSSR count). The van der Waals surface area contributed by atoms with Gasteiger partial charge in [0.1, 0.15) is 5.75 Å². The third-order valence-corrected chi connectivity index (χ3v) is 3.64. The van der Waals surface area contributed by atoms with Crippen molar-refractivity contribution in [2.24, 2.45) is 5.92 Å². The number of nitrogens with zero attached hydrogens (tertiary/aromatic N) is 2. The zero-order chi connectivity index (χ0) is 14.5. The molecule has 0 saturated carbocycles. The molecule has 1 N–H and O–H groups in total. The van der Waals surface area contributed by atoms with Crippen LogP contribution in [-0.2, 0) is 0 Å². The quantitative estimate of drug-likeness (QED) is 0.834. The number of piperazine rings is 1. The maximum atomic E-state index is 12.1. The minimum atomic E-state index is 0.127. The molecule has 0 aromatic heterocycles. The topological polar surface area (TPSA) is 43.8 Å². The highest BCUT2D eigenvalue weighted by Crippen LogP contribution is 2.11. The number of hydrogen-bond donors (Lipinski definition) is 1. The van der Waals surface area contributed by atoms with Crippen molar-refractivity contribution in [3.8, 4) is 5.75 Å². The zero-order valence-corrected chi connectivity index (χ0v) is 12.4. The summed E-state index contributed by atoms with van der Waals surface area (Å²) in [7, 11) is 0. The monoisotopic (exact) mass is 276 g/mol. The molecule has 110 valence electrons. The predicted molar refractivity (Wildman–Crippen MR) is 80.2 cm³/mol. The minimum Gasteiger partial charge on any atom is -0.508 e. The molecule has 1 aromatic rings. The van der Waals surface area contributed by atoms with E-state index in [0.29, 0.717) is 18.0 Å². The van der Waals surface area contributed by atoms with Crippen LogP contribution in [0.4, 0.5) is 0 Å². The molecule has 1 aliphatic heterocycles. The highest BCUT2D eigenvalue weighted by Gasteiger charge is 2.19. The number of benzene rings is 1. The SMILES string of the molecule is CC(C)CN1CCN(CC(=O)c2ccc(O)cc2)CC1. The van der Waals surface area contributed by atoms with E-state index in [1.807, 2.05) is 0 Å². The second-order valence-electron chi connectivity index (χ2n) is 5.94. The molecule has 1 aromatic carbocycles. The fraction of sp³-hybridized carbons (Fsp3) is 0.562. The van der Waals surface area contributed by atoms with Crippen molar-refractivity contribution in [3.05, 3.63) is 29.8 Å². The molecule has 1 saturated heterocycles. The molecule has 0 unspecified atom stereocenters. The van der Waals surface area contributed by atoms with Gasteiger partial charge in [-0.15, -0.1) is 0 Å². The molecular weight excluding hydrogens is 252 g/mol. The molecule has 4 nitrogen and oxygen atoms in total. The van der Waals surface area contributed by atoms with Crippen molar-refractivity contribution in [1.82, 2.24) is 9.80 Å².